The second-order valence-corrected chi connectivity index (χ2v) is 11.3. The van der Waals surface area contributed by atoms with E-state index in [1.807, 2.05) is 13.8 Å². The first-order valence-electron chi connectivity index (χ1n) is 9.13. The number of nitrogens with one attached hydrogen (secondary N) is 2. The van der Waals surface area contributed by atoms with E-state index in [9.17, 15) is 16.8 Å². The van der Waals surface area contributed by atoms with E-state index in [0.717, 1.165) is 22.6 Å². The van der Waals surface area contributed by atoms with E-state index in [4.69, 9.17) is 0 Å². The lowest BCUT2D eigenvalue weighted by Crippen LogP contribution is -2.30. The maximum absolute atomic E-state index is 12.8. The fraction of sp³-hybridized carbons (Fsp3) is 0.444. The van der Waals surface area contributed by atoms with E-state index in [0.29, 0.717) is 25.3 Å². The standard InChI is InChI=1S/C18H27N3O4S3/c1-5-12-19-16-10-9-15(28(24,25)21(6-2)7-3)13-17(16)20-27(22,23)18-11-8-14(4)26-18/h8-11,13,19-20H,5-7,12H2,1-4H3. The van der Waals surface area contributed by atoms with Crippen LogP contribution >= 0.6 is 11.3 Å². The molecule has 10 heteroatoms. The Labute approximate surface area is 171 Å². The quantitative estimate of drug-likeness (QED) is 0.581. The molecule has 2 aromatic rings. The van der Waals surface area contributed by atoms with E-state index in [1.54, 1.807) is 26.0 Å². The first-order valence-corrected chi connectivity index (χ1v) is 12.9. The molecule has 0 aliphatic heterocycles. The average molecular weight is 446 g/mol. The molecule has 0 saturated carbocycles. The Bertz CT molecular complexity index is 1010. The molecule has 0 fully saturated rings. The van der Waals surface area contributed by atoms with Crippen molar-refractivity contribution in [2.24, 2.45) is 0 Å². The molecule has 0 aliphatic carbocycles. The third-order valence-electron chi connectivity index (χ3n) is 4.12. The Balaban J connectivity index is 2.50. The maximum Gasteiger partial charge on any atom is 0.271 e. The molecule has 1 aromatic heterocycles. The van der Waals surface area contributed by atoms with E-state index >= 15 is 0 Å². The van der Waals surface area contributed by atoms with Gasteiger partial charge in [-0.05, 0) is 43.7 Å². The normalized spacial score (nSPS) is 12.3. The van der Waals surface area contributed by atoms with Crippen LogP contribution < -0.4 is 10.0 Å². The molecule has 0 atom stereocenters. The molecule has 0 radical (unpaired) electrons. The lowest BCUT2D eigenvalue weighted by Gasteiger charge is -2.20. The van der Waals surface area contributed by atoms with Crippen molar-refractivity contribution in [1.29, 1.82) is 0 Å². The summed E-state index contributed by atoms with van der Waals surface area (Å²) in [5, 5.41) is 3.15. The monoisotopic (exact) mass is 445 g/mol. The van der Waals surface area contributed by atoms with Crippen LogP contribution in [0.15, 0.2) is 39.4 Å². The Morgan fingerprint density at radius 3 is 2.18 bits per heavy atom. The van der Waals surface area contributed by atoms with Crippen LogP contribution in [0, 0.1) is 6.92 Å². The summed E-state index contributed by atoms with van der Waals surface area (Å²) in [7, 11) is -7.52. The van der Waals surface area contributed by atoms with Gasteiger partial charge in [-0.25, -0.2) is 16.8 Å². The molecule has 28 heavy (non-hydrogen) atoms. The molecular formula is C18H27N3O4S3. The number of hydrogen-bond donors (Lipinski definition) is 2. The molecule has 0 unspecified atom stereocenters. The van der Waals surface area contributed by atoms with Crippen molar-refractivity contribution >= 4 is 42.8 Å². The molecule has 156 valence electrons. The lowest BCUT2D eigenvalue weighted by atomic mass is 10.2. The number of rotatable bonds is 10. The third-order valence-corrected chi connectivity index (χ3v) is 9.03. The van der Waals surface area contributed by atoms with Crippen molar-refractivity contribution in [1.82, 2.24) is 4.31 Å². The predicted molar refractivity (Wildman–Crippen MR) is 115 cm³/mol. The molecule has 0 bridgehead atoms. The minimum Gasteiger partial charge on any atom is -0.383 e. The SMILES string of the molecule is CCCNc1ccc(S(=O)(=O)N(CC)CC)cc1NS(=O)(=O)c1ccc(C)s1. The van der Waals surface area contributed by atoms with E-state index < -0.39 is 20.0 Å². The van der Waals surface area contributed by atoms with Crippen LogP contribution in [0.5, 0.6) is 0 Å². The van der Waals surface area contributed by atoms with Gasteiger partial charge >= 0.3 is 0 Å². The highest BCUT2D eigenvalue weighted by Crippen LogP contribution is 2.31. The highest BCUT2D eigenvalue weighted by atomic mass is 32.2. The topological polar surface area (TPSA) is 95.6 Å². The van der Waals surface area contributed by atoms with Crippen LogP contribution in [0.3, 0.4) is 0 Å². The largest absolute Gasteiger partial charge is 0.383 e. The molecule has 2 N–H and O–H groups in total. The van der Waals surface area contributed by atoms with Gasteiger partial charge in [0.2, 0.25) is 10.0 Å². The van der Waals surface area contributed by atoms with Crippen molar-refractivity contribution in [3.05, 3.63) is 35.2 Å². The summed E-state index contributed by atoms with van der Waals surface area (Å²) in [5.41, 5.74) is 0.755. The summed E-state index contributed by atoms with van der Waals surface area (Å²) in [5.74, 6) is 0. The summed E-state index contributed by atoms with van der Waals surface area (Å²) in [6.07, 6.45) is 0.843. The van der Waals surface area contributed by atoms with Gasteiger partial charge in [0.15, 0.2) is 0 Å². The zero-order valence-corrected chi connectivity index (χ0v) is 19.0. The van der Waals surface area contributed by atoms with E-state index in [2.05, 4.69) is 10.0 Å². The van der Waals surface area contributed by atoms with Crippen molar-refractivity contribution in [3.63, 3.8) is 0 Å². The number of nitrogens with zero attached hydrogens (tertiary/aromatic N) is 1. The number of thiophene rings is 1. The molecule has 2 rings (SSSR count). The minimum atomic E-state index is -3.81. The average Bonchev–Trinajstić information content (AvgIpc) is 3.08. The van der Waals surface area contributed by atoms with Crippen LogP contribution in [0.2, 0.25) is 0 Å². The summed E-state index contributed by atoms with van der Waals surface area (Å²) >= 11 is 1.16. The zero-order chi connectivity index (χ0) is 20.9. The van der Waals surface area contributed by atoms with Gasteiger partial charge in [0.1, 0.15) is 4.21 Å². The van der Waals surface area contributed by atoms with Crippen LogP contribution in [0.4, 0.5) is 11.4 Å². The van der Waals surface area contributed by atoms with Gasteiger partial charge in [0, 0.05) is 24.5 Å². The smallest absolute Gasteiger partial charge is 0.271 e. The Hall–Kier alpha value is -1.62. The van der Waals surface area contributed by atoms with Crippen LogP contribution in [0.1, 0.15) is 32.1 Å². The van der Waals surface area contributed by atoms with Gasteiger partial charge in [-0.2, -0.15) is 4.31 Å². The molecular weight excluding hydrogens is 418 g/mol. The van der Waals surface area contributed by atoms with Crippen LogP contribution in [-0.2, 0) is 20.0 Å². The van der Waals surface area contributed by atoms with Gasteiger partial charge < -0.3 is 5.32 Å². The number of benzene rings is 1. The molecule has 0 amide bonds. The summed E-state index contributed by atoms with van der Waals surface area (Å²) in [6, 6.07) is 7.75. The first-order chi connectivity index (χ1) is 13.2. The maximum atomic E-state index is 12.8. The fourth-order valence-corrected chi connectivity index (χ4v) is 6.48. The van der Waals surface area contributed by atoms with Crippen molar-refractivity contribution in [3.8, 4) is 0 Å². The van der Waals surface area contributed by atoms with E-state index in [-0.39, 0.29) is 14.8 Å². The Morgan fingerprint density at radius 2 is 1.64 bits per heavy atom. The molecule has 1 heterocycles. The highest BCUT2D eigenvalue weighted by molar-refractivity contribution is 7.94. The Kier molecular flexibility index (Phi) is 7.49. The second kappa shape index (κ2) is 9.25. The van der Waals surface area contributed by atoms with Crippen molar-refractivity contribution in [2.45, 2.75) is 43.2 Å². The number of sulfonamides is 2. The van der Waals surface area contributed by atoms with Crippen molar-refractivity contribution < 1.29 is 16.8 Å². The molecule has 7 nitrogen and oxygen atoms in total. The minimum absolute atomic E-state index is 0.0540. The zero-order valence-electron chi connectivity index (χ0n) is 16.5. The first kappa shape index (κ1) is 22.7. The Morgan fingerprint density at radius 1 is 0.964 bits per heavy atom. The van der Waals surface area contributed by atoms with Gasteiger partial charge in [-0.15, -0.1) is 11.3 Å². The number of hydrogen-bond acceptors (Lipinski definition) is 6. The number of aryl methyl sites for hydroxylation is 1. The summed E-state index contributed by atoms with van der Waals surface area (Å²) in [6.45, 7) is 8.66. The fourth-order valence-electron chi connectivity index (χ4n) is 2.65. The number of anilines is 2. The molecule has 0 saturated heterocycles. The van der Waals surface area contributed by atoms with E-state index in [1.165, 1.54) is 22.5 Å². The highest BCUT2D eigenvalue weighted by Gasteiger charge is 2.24. The lowest BCUT2D eigenvalue weighted by molar-refractivity contribution is 0.445. The van der Waals surface area contributed by atoms with Gasteiger partial charge in [0.25, 0.3) is 10.0 Å². The van der Waals surface area contributed by atoms with Gasteiger partial charge in [-0.1, -0.05) is 20.8 Å². The van der Waals surface area contributed by atoms with Gasteiger partial charge in [-0.3, -0.25) is 4.72 Å². The predicted octanol–water partition coefficient (Wildman–Crippen LogP) is 3.71. The van der Waals surface area contributed by atoms with Crippen LogP contribution in [-0.4, -0.2) is 40.8 Å². The molecule has 0 spiro atoms. The third kappa shape index (κ3) is 5.05. The summed E-state index contributed by atoms with van der Waals surface area (Å²) in [4.78, 5) is 0.931. The summed E-state index contributed by atoms with van der Waals surface area (Å²) < 4.78 is 55.3. The van der Waals surface area contributed by atoms with Crippen LogP contribution in [0.25, 0.3) is 0 Å². The van der Waals surface area contributed by atoms with Gasteiger partial charge in [0.05, 0.1) is 16.3 Å². The van der Waals surface area contributed by atoms with Crippen molar-refractivity contribution in [2.75, 3.05) is 29.7 Å². The second-order valence-electron chi connectivity index (χ2n) is 6.19. The molecule has 1 aromatic carbocycles. The molecule has 0 aliphatic rings.